The summed E-state index contributed by atoms with van der Waals surface area (Å²) >= 11 is 6.04. The van der Waals surface area contributed by atoms with Crippen molar-refractivity contribution in [1.29, 1.82) is 0 Å². The largest absolute Gasteiger partial charge is 0.366 e. The molecule has 0 bridgehead atoms. The van der Waals surface area contributed by atoms with E-state index in [0.29, 0.717) is 18.9 Å². The number of nitrogens with zero attached hydrogens (tertiary/aromatic N) is 2. The Hall–Kier alpha value is -2.60. The normalized spacial score (nSPS) is 10.2. The number of halogens is 1. The molecule has 0 radical (unpaired) electrons. The van der Waals surface area contributed by atoms with Gasteiger partial charge in [0.15, 0.2) is 0 Å². The molecule has 24 heavy (non-hydrogen) atoms. The van der Waals surface area contributed by atoms with Gasteiger partial charge in [0.05, 0.1) is 17.1 Å². The molecule has 2 amide bonds. The van der Waals surface area contributed by atoms with E-state index >= 15 is 0 Å². The third-order valence-electron chi connectivity index (χ3n) is 3.48. The second-order valence-corrected chi connectivity index (χ2v) is 5.57. The fraction of sp³-hybridized carbons (Fsp3) is 0.235. The molecule has 0 spiro atoms. The number of hydrogen-bond donors (Lipinski definition) is 2. The molecule has 0 unspecified atom stereocenters. The first kappa shape index (κ1) is 17.7. The maximum absolute atomic E-state index is 12.4. The zero-order valence-electron chi connectivity index (χ0n) is 13.3. The number of rotatable bonds is 7. The summed E-state index contributed by atoms with van der Waals surface area (Å²) in [5, 5.41) is 3.13. The second kappa shape index (κ2) is 8.31. The Morgan fingerprint density at radius 1 is 1.29 bits per heavy atom. The van der Waals surface area contributed by atoms with Crippen LogP contribution in [0.1, 0.15) is 22.8 Å². The van der Waals surface area contributed by atoms with Gasteiger partial charge in [-0.25, -0.2) is 4.98 Å². The molecule has 1 heterocycles. The minimum Gasteiger partial charge on any atom is -0.366 e. The van der Waals surface area contributed by atoms with Crippen LogP contribution < -0.4 is 11.1 Å². The third-order valence-corrected chi connectivity index (χ3v) is 3.77. The van der Waals surface area contributed by atoms with Crippen LogP contribution in [0.5, 0.6) is 0 Å². The fourth-order valence-corrected chi connectivity index (χ4v) is 2.39. The van der Waals surface area contributed by atoms with Crippen molar-refractivity contribution in [3.8, 4) is 0 Å². The van der Waals surface area contributed by atoms with Crippen LogP contribution in [0.2, 0.25) is 5.02 Å². The number of carbonyl (C=O) groups is 2. The summed E-state index contributed by atoms with van der Waals surface area (Å²) < 4.78 is 0. The molecule has 0 aliphatic rings. The fourth-order valence-electron chi connectivity index (χ4n) is 2.15. The van der Waals surface area contributed by atoms with E-state index in [-0.39, 0.29) is 23.0 Å². The number of carbonyl (C=O) groups excluding carboxylic acids is 2. The van der Waals surface area contributed by atoms with E-state index in [2.05, 4.69) is 10.3 Å². The molecule has 3 N–H and O–H groups in total. The van der Waals surface area contributed by atoms with Gasteiger partial charge >= 0.3 is 0 Å². The van der Waals surface area contributed by atoms with Crippen LogP contribution in [0, 0.1) is 0 Å². The summed E-state index contributed by atoms with van der Waals surface area (Å²) in [5.41, 5.74) is 6.45. The van der Waals surface area contributed by atoms with Crippen LogP contribution in [-0.4, -0.2) is 34.8 Å². The average Bonchev–Trinajstić information content (AvgIpc) is 2.59. The van der Waals surface area contributed by atoms with Crippen LogP contribution in [0.3, 0.4) is 0 Å². The molecule has 0 atom stereocenters. The molecule has 0 saturated heterocycles. The highest BCUT2D eigenvalue weighted by molar-refractivity contribution is 6.33. The Balaban J connectivity index is 1.97. The number of pyridine rings is 1. The van der Waals surface area contributed by atoms with Gasteiger partial charge in [-0.2, -0.15) is 0 Å². The molecule has 0 fully saturated rings. The Bertz CT molecular complexity index is 722. The van der Waals surface area contributed by atoms with E-state index in [1.165, 1.54) is 12.3 Å². The van der Waals surface area contributed by atoms with Gasteiger partial charge in [-0.15, -0.1) is 0 Å². The molecule has 2 rings (SSSR count). The summed E-state index contributed by atoms with van der Waals surface area (Å²) in [6.45, 7) is 3.12. The molecule has 2 aromatic rings. The lowest BCUT2D eigenvalue weighted by molar-refractivity contribution is -0.129. The average molecular weight is 347 g/mol. The molecule has 0 saturated carbocycles. The van der Waals surface area contributed by atoms with Crippen molar-refractivity contribution in [2.45, 2.75) is 13.5 Å². The first-order valence-corrected chi connectivity index (χ1v) is 7.90. The van der Waals surface area contributed by atoms with E-state index in [1.54, 1.807) is 4.90 Å². The molecular weight excluding hydrogens is 328 g/mol. The van der Waals surface area contributed by atoms with E-state index < -0.39 is 5.91 Å². The monoisotopic (exact) mass is 346 g/mol. The number of benzene rings is 1. The van der Waals surface area contributed by atoms with Gasteiger partial charge in [0.25, 0.3) is 0 Å². The smallest absolute Gasteiger partial charge is 0.250 e. The summed E-state index contributed by atoms with van der Waals surface area (Å²) in [6, 6.07) is 11.2. The highest BCUT2D eigenvalue weighted by Gasteiger charge is 2.13. The van der Waals surface area contributed by atoms with Crippen LogP contribution in [0.15, 0.2) is 42.6 Å². The lowest BCUT2D eigenvalue weighted by Gasteiger charge is -2.21. The number of anilines is 1. The van der Waals surface area contributed by atoms with Gasteiger partial charge in [0.1, 0.15) is 5.82 Å². The number of hydrogen-bond acceptors (Lipinski definition) is 4. The van der Waals surface area contributed by atoms with Crippen molar-refractivity contribution in [2.75, 3.05) is 18.4 Å². The SMILES string of the molecule is CCN(Cc1ccccc1)C(=O)CNc1ncc(C(N)=O)cc1Cl. The van der Waals surface area contributed by atoms with E-state index in [9.17, 15) is 9.59 Å². The zero-order chi connectivity index (χ0) is 17.5. The summed E-state index contributed by atoms with van der Waals surface area (Å²) in [5.74, 6) is -0.337. The van der Waals surface area contributed by atoms with Crippen LogP contribution >= 0.6 is 11.6 Å². The van der Waals surface area contributed by atoms with Crippen LogP contribution in [-0.2, 0) is 11.3 Å². The van der Waals surface area contributed by atoms with Crippen molar-refractivity contribution in [3.05, 3.63) is 58.7 Å². The lowest BCUT2D eigenvalue weighted by atomic mass is 10.2. The van der Waals surface area contributed by atoms with E-state index in [0.717, 1.165) is 5.56 Å². The zero-order valence-corrected chi connectivity index (χ0v) is 14.1. The predicted octanol–water partition coefficient (Wildman–Crippen LogP) is 2.29. The van der Waals surface area contributed by atoms with Gasteiger partial charge in [-0.3, -0.25) is 9.59 Å². The summed E-state index contributed by atoms with van der Waals surface area (Å²) in [6.07, 6.45) is 1.32. The number of nitrogens with two attached hydrogens (primary N) is 1. The molecule has 126 valence electrons. The van der Waals surface area contributed by atoms with Gasteiger partial charge in [0, 0.05) is 19.3 Å². The molecule has 0 aliphatic heterocycles. The Kier molecular flexibility index (Phi) is 6.14. The van der Waals surface area contributed by atoms with Crippen molar-refractivity contribution in [3.63, 3.8) is 0 Å². The highest BCUT2D eigenvalue weighted by Crippen LogP contribution is 2.19. The van der Waals surface area contributed by atoms with Gasteiger partial charge in [0.2, 0.25) is 11.8 Å². The maximum atomic E-state index is 12.4. The number of likely N-dealkylation sites (N-methyl/N-ethyl adjacent to an activating group) is 1. The Labute approximate surface area is 145 Å². The van der Waals surface area contributed by atoms with Crippen LogP contribution in [0.4, 0.5) is 5.82 Å². The predicted molar refractivity (Wildman–Crippen MR) is 93.8 cm³/mol. The minimum atomic E-state index is -0.605. The third kappa shape index (κ3) is 4.70. The van der Waals surface area contributed by atoms with Gasteiger partial charge in [-0.1, -0.05) is 41.9 Å². The molecular formula is C17H19ClN4O2. The van der Waals surface area contributed by atoms with Crippen molar-refractivity contribution in [2.24, 2.45) is 5.73 Å². The molecule has 1 aromatic carbocycles. The quantitative estimate of drug-likeness (QED) is 0.805. The Morgan fingerprint density at radius 2 is 2.00 bits per heavy atom. The topological polar surface area (TPSA) is 88.3 Å². The maximum Gasteiger partial charge on any atom is 0.250 e. The number of amides is 2. The molecule has 0 aliphatic carbocycles. The number of primary amides is 1. The lowest BCUT2D eigenvalue weighted by Crippen LogP contribution is -2.35. The molecule has 6 nitrogen and oxygen atoms in total. The van der Waals surface area contributed by atoms with Crippen molar-refractivity contribution < 1.29 is 9.59 Å². The first-order valence-electron chi connectivity index (χ1n) is 7.52. The highest BCUT2D eigenvalue weighted by atomic mass is 35.5. The van der Waals surface area contributed by atoms with Crippen molar-refractivity contribution >= 4 is 29.2 Å². The van der Waals surface area contributed by atoms with Crippen molar-refractivity contribution in [1.82, 2.24) is 9.88 Å². The van der Waals surface area contributed by atoms with Gasteiger partial charge < -0.3 is 16.0 Å². The minimum absolute atomic E-state index is 0.0588. The Morgan fingerprint density at radius 3 is 2.58 bits per heavy atom. The first-order chi connectivity index (χ1) is 11.5. The summed E-state index contributed by atoms with van der Waals surface area (Å²) in [4.78, 5) is 29.2. The van der Waals surface area contributed by atoms with Gasteiger partial charge in [-0.05, 0) is 18.6 Å². The molecule has 1 aromatic heterocycles. The number of aromatic nitrogens is 1. The summed E-state index contributed by atoms with van der Waals surface area (Å²) in [7, 11) is 0. The van der Waals surface area contributed by atoms with E-state index in [1.807, 2.05) is 37.3 Å². The van der Waals surface area contributed by atoms with E-state index in [4.69, 9.17) is 17.3 Å². The standard InChI is InChI=1S/C17H19ClN4O2/c1-2-22(11-12-6-4-3-5-7-12)15(23)10-21-17-14(18)8-13(9-20-17)16(19)24/h3-9H,2,10-11H2,1H3,(H2,19,24)(H,20,21). The molecule has 7 heteroatoms. The second-order valence-electron chi connectivity index (χ2n) is 5.17. The van der Waals surface area contributed by atoms with Crippen LogP contribution in [0.25, 0.3) is 0 Å². The number of nitrogens with one attached hydrogen (secondary N) is 1.